The van der Waals surface area contributed by atoms with Gasteiger partial charge in [0, 0.05) is 0 Å². The second-order valence-corrected chi connectivity index (χ2v) is 4.89. The number of alkyl halides is 15. The maximum Gasteiger partial charge on any atom is 0.435 e. The molecule has 16 heteroatoms. The number of hydrogen-bond acceptors (Lipinski definition) is 1. The molecule has 1 unspecified atom stereocenters. The molecule has 25 heavy (non-hydrogen) atoms. The fourth-order valence-corrected chi connectivity index (χ4v) is 1.95. The normalized spacial score (nSPS) is 26.8. The van der Waals surface area contributed by atoms with E-state index in [0.29, 0.717) is 0 Å². The molecular formula is C9H3F15O. The molecule has 1 aliphatic rings. The van der Waals surface area contributed by atoms with Crippen molar-refractivity contribution < 1.29 is 70.6 Å². The summed E-state index contributed by atoms with van der Waals surface area (Å²) in [5, 5.41) is 0. The van der Waals surface area contributed by atoms with Crippen LogP contribution in [0.5, 0.6) is 0 Å². The van der Waals surface area contributed by atoms with Gasteiger partial charge in [-0.2, -0.15) is 65.9 Å². The van der Waals surface area contributed by atoms with Crippen molar-refractivity contribution in [2.75, 3.05) is 0 Å². The summed E-state index contributed by atoms with van der Waals surface area (Å²) in [6.07, 6.45) is -30.6. The topological polar surface area (TPSA) is 9.23 Å². The molecule has 0 spiro atoms. The lowest BCUT2D eigenvalue weighted by Gasteiger charge is -2.40. The first-order valence-electron chi connectivity index (χ1n) is 5.58. The summed E-state index contributed by atoms with van der Waals surface area (Å²) in [4.78, 5) is 0. The van der Waals surface area contributed by atoms with Gasteiger partial charge >= 0.3 is 41.9 Å². The Kier molecular flexibility index (Phi) is 4.58. The Bertz CT molecular complexity index is 473. The molecule has 1 aliphatic carbocycles. The Morgan fingerprint density at radius 3 is 1.16 bits per heavy atom. The highest BCUT2D eigenvalue weighted by Gasteiger charge is 2.89. The van der Waals surface area contributed by atoms with Crippen LogP contribution in [0.25, 0.3) is 0 Å². The summed E-state index contributed by atoms with van der Waals surface area (Å²) in [5.74, 6) is -18.9. The molecule has 0 bridgehead atoms. The lowest BCUT2D eigenvalue weighted by Crippen LogP contribution is -2.69. The number of hydrogen-bond donors (Lipinski definition) is 0. The number of rotatable bonds is 2. The molecule has 0 aromatic rings. The van der Waals surface area contributed by atoms with Gasteiger partial charge in [0.2, 0.25) is 0 Å². The molecule has 1 atom stereocenters. The van der Waals surface area contributed by atoms with Crippen molar-refractivity contribution in [2.24, 2.45) is 0 Å². The zero-order valence-corrected chi connectivity index (χ0v) is 10.9. The van der Waals surface area contributed by atoms with Gasteiger partial charge in [0.1, 0.15) is 6.10 Å². The van der Waals surface area contributed by atoms with Crippen molar-refractivity contribution in [3.8, 4) is 0 Å². The standard InChI is InChI=1S/C9H3F15O/c10-3(11)1-2(4(12,13)6(3,14)15)25-5(7(16,17)18,8(19,20)21)9(22,23)24/h2H,1H2. The Balaban J connectivity index is 3.58. The minimum Gasteiger partial charge on any atom is -0.341 e. The van der Waals surface area contributed by atoms with Crippen molar-refractivity contribution in [1.29, 1.82) is 0 Å². The predicted molar refractivity (Wildman–Crippen MR) is 45.2 cm³/mol. The van der Waals surface area contributed by atoms with Crippen molar-refractivity contribution >= 4 is 0 Å². The third-order valence-electron chi connectivity index (χ3n) is 3.24. The smallest absolute Gasteiger partial charge is 0.341 e. The lowest BCUT2D eigenvalue weighted by molar-refractivity contribution is -0.471. The second kappa shape index (κ2) is 5.22. The van der Waals surface area contributed by atoms with Gasteiger partial charge in [-0.15, -0.1) is 0 Å². The molecule has 0 heterocycles. The Hall–Kier alpha value is -1.09. The van der Waals surface area contributed by atoms with Crippen LogP contribution in [0, 0.1) is 0 Å². The summed E-state index contributed by atoms with van der Waals surface area (Å²) in [5.41, 5.74) is -7.38. The third kappa shape index (κ3) is 2.79. The van der Waals surface area contributed by atoms with Crippen LogP contribution in [0.3, 0.4) is 0 Å². The van der Waals surface area contributed by atoms with E-state index in [1.54, 1.807) is 0 Å². The van der Waals surface area contributed by atoms with E-state index >= 15 is 0 Å². The van der Waals surface area contributed by atoms with Crippen LogP contribution < -0.4 is 0 Å². The maximum atomic E-state index is 13.1. The molecule has 0 aromatic heterocycles. The van der Waals surface area contributed by atoms with Crippen LogP contribution in [0.4, 0.5) is 65.9 Å². The highest BCUT2D eigenvalue weighted by Crippen LogP contribution is 2.62. The average molecular weight is 412 g/mol. The third-order valence-corrected chi connectivity index (χ3v) is 3.24. The lowest BCUT2D eigenvalue weighted by atomic mass is 10.0. The summed E-state index contributed by atoms with van der Waals surface area (Å²) < 4.78 is 192. The molecule has 0 aliphatic heterocycles. The van der Waals surface area contributed by atoms with Gasteiger partial charge in [-0.05, 0) is 0 Å². The second-order valence-electron chi connectivity index (χ2n) is 4.89. The first-order valence-corrected chi connectivity index (χ1v) is 5.58. The van der Waals surface area contributed by atoms with Gasteiger partial charge in [0.05, 0.1) is 6.42 Å². The Labute approximate surface area is 126 Å². The fourth-order valence-electron chi connectivity index (χ4n) is 1.95. The minimum atomic E-state index is -7.53. The van der Waals surface area contributed by atoms with Gasteiger partial charge in [-0.25, -0.2) is 0 Å². The van der Waals surface area contributed by atoms with E-state index in [0.717, 1.165) is 0 Å². The zero-order chi connectivity index (χ0) is 20.5. The van der Waals surface area contributed by atoms with E-state index in [2.05, 4.69) is 4.74 Å². The molecule has 0 amide bonds. The summed E-state index contributed by atoms with van der Waals surface area (Å²) >= 11 is 0. The first kappa shape index (κ1) is 22.0. The van der Waals surface area contributed by atoms with E-state index in [9.17, 15) is 65.9 Å². The first-order chi connectivity index (χ1) is 10.6. The SMILES string of the molecule is FC(F)(F)C(OC1CC(F)(F)C(F)(F)C1(F)F)(C(F)(F)F)C(F)(F)F. The molecule has 1 fully saturated rings. The zero-order valence-electron chi connectivity index (χ0n) is 10.9. The molecule has 0 N–H and O–H groups in total. The Morgan fingerprint density at radius 2 is 0.960 bits per heavy atom. The molecule has 1 rings (SSSR count). The maximum absolute atomic E-state index is 13.1. The van der Waals surface area contributed by atoms with Gasteiger partial charge in [-0.3, -0.25) is 0 Å². The van der Waals surface area contributed by atoms with Crippen molar-refractivity contribution in [2.45, 2.75) is 54.4 Å². The number of halogens is 15. The van der Waals surface area contributed by atoms with Crippen LogP contribution in [0.2, 0.25) is 0 Å². The largest absolute Gasteiger partial charge is 0.435 e. The monoisotopic (exact) mass is 412 g/mol. The average Bonchev–Trinajstić information content (AvgIpc) is 2.38. The quantitative estimate of drug-likeness (QED) is 0.574. The molecule has 0 saturated heterocycles. The molecular weight excluding hydrogens is 409 g/mol. The van der Waals surface area contributed by atoms with E-state index in [1.165, 1.54) is 0 Å². The van der Waals surface area contributed by atoms with E-state index in [1.807, 2.05) is 0 Å². The van der Waals surface area contributed by atoms with Crippen molar-refractivity contribution in [3.63, 3.8) is 0 Å². The van der Waals surface area contributed by atoms with Crippen LogP contribution >= 0.6 is 0 Å². The van der Waals surface area contributed by atoms with E-state index < -0.39 is 54.4 Å². The fraction of sp³-hybridized carbons (Fsp3) is 1.00. The van der Waals surface area contributed by atoms with Gasteiger partial charge < -0.3 is 4.74 Å². The van der Waals surface area contributed by atoms with E-state index in [-0.39, 0.29) is 0 Å². The van der Waals surface area contributed by atoms with Gasteiger partial charge in [0.15, 0.2) is 0 Å². The minimum absolute atomic E-state index is 2.29. The highest BCUT2D eigenvalue weighted by molar-refractivity contribution is 5.12. The van der Waals surface area contributed by atoms with Gasteiger partial charge in [-0.1, -0.05) is 0 Å². The molecule has 1 saturated carbocycles. The number of ether oxygens (including phenoxy) is 1. The van der Waals surface area contributed by atoms with E-state index in [4.69, 9.17) is 0 Å². The molecule has 0 aromatic carbocycles. The predicted octanol–water partition coefficient (Wildman–Crippen LogP) is 5.11. The molecule has 1 nitrogen and oxygen atoms in total. The summed E-state index contributed by atoms with van der Waals surface area (Å²) in [6.45, 7) is 0. The van der Waals surface area contributed by atoms with Crippen molar-refractivity contribution in [1.82, 2.24) is 0 Å². The van der Waals surface area contributed by atoms with Gasteiger partial charge in [0.25, 0.3) is 0 Å². The van der Waals surface area contributed by atoms with Crippen LogP contribution in [-0.4, -0.2) is 48.0 Å². The van der Waals surface area contributed by atoms with Crippen LogP contribution in [-0.2, 0) is 4.74 Å². The molecule has 150 valence electrons. The van der Waals surface area contributed by atoms with Crippen molar-refractivity contribution in [3.05, 3.63) is 0 Å². The van der Waals surface area contributed by atoms with Crippen LogP contribution in [0.1, 0.15) is 6.42 Å². The highest BCUT2D eigenvalue weighted by atomic mass is 19.4. The Morgan fingerprint density at radius 1 is 0.640 bits per heavy atom. The summed E-state index contributed by atoms with van der Waals surface area (Å²) in [6, 6.07) is 0. The molecule has 0 radical (unpaired) electrons. The van der Waals surface area contributed by atoms with Crippen LogP contribution in [0.15, 0.2) is 0 Å². The summed E-state index contributed by atoms with van der Waals surface area (Å²) in [7, 11) is 0.